The Bertz CT molecular complexity index is 4240. The van der Waals surface area contributed by atoms with Gasteiger partial charge in [-0.25, -0.2) is 28.1 Å². The van der Waals surface area contributed by atoms with E-state index in [1.807, 2.05) is 82.0 Å². The Labute approximate surface area is 510 Å². The molecular formula is C70H78F3N11O4. The van der Waals surface area contributed by atoms with Crippen molar-refractivity contribution in [1.29, 1.82) is 0 Å². The van der Waals surface area contributed by atoms with Gasteiger partial charge in [0.05, 0.1) is 26.4 Å². The van der Waals surface area contributed by atoms with Gasteiger partial charge in [0.15, 0.2) is 11.6 Å². The molecule has 0 radical (unpaired) electrons. The van der Waals surface area contributed by atoms with Gasteiger partial charge in [-0.2, -0.15) is 0 Å². The number of aromatic nitrogens is 8. The molecule has 9 heterocycles. The van der Waals surface area contributed by atoms with E-state index in [0.29, 0.717) is 57.1 Å². The van der Waals surface area contributed by atoms with Crippen molar-refractivity contribution in [3.8, 4) is 45.3 Å². The van der Waals surface area contributed by atoms with Gasteiger partial charge >= 0.3 is 0 Å². The van der Waals surface area contributed by atoms with Crippen LogP contribution in [0.15, 0.2) is 107 Å². The third-order valence-electron chi connectivity index (χ3n) is 17.9. The zero-order valence-corrected chi connectivity index (χ0v) is 51.2. The van der Waals surface area contributed by atoms with E-state index >= 15 is 0 Å². The highest BCUT2D eigenvalue weighted by atomic mass is 19.2. The predicted molar refractivity (Wildman–Crippen MR) is 340 cm³/mol. The first-order chi connectivity index (χ1) is 42.9. The van der Waals surface area contributed by atoms with Gasteiger partial charge in [-0.05, 0) is 178 Å². The van der Waals surface area contributed by atoms with Crippen LogP contribution in [0.5, 0.6) is 0 Å². The maximum absolute atomic E-state index is 14.8. The molecule has 4 aliphatic carbocycles. The first-order valence-corrected chi connectivity index (χ1v) is 31.7. The number of nitrogens with zero attached hydrogens (tertiary/aromatic N) is 8. The molecule has 15 rings (SSSR count). The molecule has 6 fully saturated rings. The Hall–Kier alpha value is -7.90. The Morgan fingerprint density at radius 1 is 0.614 bits per heavy atom. The van der Waals surface area contributed by atoms with Gasteiger partial charge in [0, 0.05) is 140 Å². The van der Waals surface area contributed by atoms with Crippen molar-refractivity contribution >= 4 is 27.5 Å². The molecule has 18 heteroatoms. The number of hydrogen-bond donors (Lipinski definition) is 3. The van der Waals surface area contributed by atoms with Crippen molar-refractivity contribution < 1.29 is 22.6 Å². The lowest BCUT2D eigenvalue weighted by Gasteiger charge is -2.25. The second-order valence-corrected chi connectivity index (χ2v) is 24.5. The number of morpholine rings is 2. The highest BCUT2D eigenvalue weighted by molar-refractivity contribution is 5.87. The van der Waals surface area contributed by atoms with Gasteiger partial charge in [-0.3, -0.25) is 28.5 Å². The van der Waals surface area contributed by atoms with E-state index in [-0.39, 0.29) is 22.9 Å². The van der Waals surface area contributed by atoms with E-state index in [4.69, 9.17) is 19.4 Å². The minimum absolute atomic E-state index is 0.0973. The number of H-pyrrole nitrogens is 2. The van der Waals surface area contributed by atoms with Crippen LogP contribution in [0.1, 0.15) is 149 Å². The van der Waals surface area contributed by atoms with Crippen LogP contribution in [0, 0.1) is 17.5 Å². The molecule has 15 nitrogen and oxygen atoms in total. The van der Waals surface area contributed by atoms with Crippen LogP contribution in [-0.2, 0) is 29.1 Å². The van der Waals surface area contributed by atoms with E-state index in [9.17, 15) is 22.8 Å². The predicted octanol–water partition coefficient (Wildman–Crippen LogP) is 13.2. The zero-order chi connectivity index (χ0) is 60.9. The Morgan fingerprint density at radius 2 is 1.10 bits per heavy atom. The van der Waals surface area contributed by atoms with E-state index in [0.717, 1.165) is 197 Å². The summed E-state index contributed by atoms with van der Waals surface area (Å²) in [6, 6.07) is 19.6. The summed E-state index contributed by atoms with van der Waals surface area (Å²) >= 11 is 0. The van der Waals surface area contributed by atoms with Gasteiger partial charge in [-0.1, -0.05) is 25.5 Å². The maximum atomic E-state index is 14.8. The number of rotatable bonds is 16. The summed E-state index contributed by atoms with van der Waals surface area (Å²) in [5.41, 5.74) is 13.2. The molecular weight excluding hydrogens is 1120 g/mol. The minimum Gasteiger partial charge on any atom is -0.388 e. The van der Waals surface area contributed by atoms with Gasteiger partial charge in [0.1, 0.15) is 34.3 Å². The van der Waals surface area contributed by atoms with Gasteiger partial charge in [0.2, 0.25) is 0 Å². The number of nitrogens with one attached hydrogen (secondary N) is 3. The second kappa shape index (κ2) is 24.9. The number of aryl methyl sites for hydroxylation is 1. The van der Waals surface area contributed by atoms with Crippen molar-refractivity contribution in [2.75, 3.05) is 59.7 Å². The molecule has 0 spiro atoms. The number of pyridine rings is 4. The molecule has 3 N–H and O–H groups in total. The first kappa shape index (κ1) is 59.1. The molecule has 88 heavy (non-hydrogen) atoms. The Kier molecular flexibility index (Phi) is 16.7. The van der Waals surface area contributed by atoms with Crippen molar-refractivity contribution in [2.45, 2.75) is 129 Å². The summed E-state index contributed by atoms with van der Waals surface area (Å²) in [5.74, 6) is 1.20. The van der Waals surface area contributed by atoms with Crippen LogP contribution in [-0.4, -0.2) is 108 Å². The normalized spacial score (nSPS) is 17.2. The van der Waals surface area contributed by atoms with Gasteiger partial charge in [-0.15, -0.1) is 0 Å². The molecule has 2 aromatic carbocycles. The number of benzene rings is 2. The van der Waals surface area contributed by atoms with E-state index in [2.05, 4.69) is 48.3 Å². The lowest BCUT2D eigenvalue weighted by molar-refractivity contribution is 0.0337. The monoisotopic (exact) mass is 1190 g/mol. The number of imidazole rings is 1. The third kappa shape index (κ3) is 12.2. The molecule has 4 saturated carbocycles. The highest BCUT2D eigenvalue weighted by Crippen LogP contribution is 2.47. The molecule has 0 atom stereocenters. The van der Waals surface area contributed by atoms with E-state index in [1.54, 1.807) is 28.4 Å². The SMILES string of the molecule is CC.CCn1ccnc1-c1cc(F)ccc1-c1cc(C2CC2)nc(-n2cc(C3CC3)c3cc(CN4CCOCC4)[nH]c3c2=O)c1.CNC(=C(C)C)c1cc(F)c(F)cc1-c1cc(C2CC2)nc(-n2cc(C3CC3)c3cc(CN4CCOCC4)[nH]c3c2=O)c1. The minimum atomic E-state index is -0.914. The Balaban J connectivity index is 0.000000158. The maximum Gasteiger partial charge on any atom is 0.280 e. The van der Waals surface area contributed by atoms with Crippen LogP contribution in [0.3, 0.4) is 0 Å². The number of fused-ring (bicyclic) bond motifs is 2. The van der Waals surface area contributed by atoms with E-state index < -0.39 is 11.6 Å². The third-order valence-corrected chi connectivity index (χ3v) is 17.9. The molecule has 458 valence electrons. The molecule has 0 unspecified atom stereocenters. The highest BCUT2D eigenvalue weighted by Gasteiger charge is 2.33. The van der Waals surface area contributed by atoms with Crippen molar-refractivity contribution in [1.82, 2.24) is 53.7 Å². The zero-order valence-electron chi connectivity index (χ0n) is 51.2. The fourth-order valence-electron chi connectivity index (χ4n) is 12.8. The van der Waals surface area contributed by atoms with Crippen LogP contribution >= 0.6 is 0 Å². The van der Waals surface area contributed by atoms with Crippen molar-refractivity contribution in [3.05, 3.63) is 175 Å². The van der Waals surface area contributed by atoms with E-state index in [1.165, 1.54) is 23.8 Å². The van der Waals surface area contributed by atoms with Crippen molar-refractivity contribution in [2.24, 2.45) is 0 Å². The summed E-state index contributed by atoms with van der Waals surface area (Å²) in [6.45, 7) is 18.6. The summed E-state index contributed by atoms with van der Waals surface area (Å²) in [6.07, 6.45) is 16.3. The molecule has 2 aliphatic heterocycles. The summed E-state index contributed by atoms with van der Waals surface area (Å²) in [4.78, 5) is 54.5. The quantitative estimate of drug-likeness (QED) is 0.0851. The number of allylic oxidation sites excluding steroid dienone is 1. The molecule has 0 bridgehead atoms. The van der Waals surface area contributed by atoms with Crippen LogP contribution in [0.2, 0.25) is 0 Å². The largest absolute Gasteiger partial charge is 0.388 e. The topological polar surface area (TPSA) is 156 Å². The molecule has 6 aliphatic rings. The smallest absolute Gasteiger partial charge is 0.280 e. The fraction of sp³-hybridized carbons (Fsp3) is 0.414. The molecule has 2 saturated heterocycles. The summed E-state index contributed by atoms with van der Waals surface area (Å²) in [7, 11) is 1.78. The lowest BCUT2D eigenvalue weighted by Crippen LogP contribution is -2.35. The average Bonchev–Trinajstić information content (AvgIpc) is 1.69. The standard InChI is InChI=1S/C34H37F2N5O2.C34H35FN6O2.C2H6/c1-19(2)32(37-3)26-16-29(36)28(35)15-24(26)22-12-30(21-6-7-21)39-31(13-22)41-18-27(20-4-5-20)25-14-23(38-33(25)34(41)42)17-40-8-10-43-11-9-40;1-2-40-10-9-36-33(40)28-17-24(35)7-8-26(28)23-15-30(22-5-6-22)38-31(16-23)41-20-29(21-3-4-21)27-18-25(37-32(27)34(41)42)19-39-11-13-43-14-12-39;1-2/h12-16,18,20-21,37-38H,4-11,17H2,1-3H3;7-10,15-18,20-22,37H,2-6,11-14,19H2,1H3;1-2H3. The number of halogens is 3. The fourth-order valence-corrected chi connectivity index (χ4v) is 12.8. The van der Waals surface area contributed by atoms with Crippen LogP contribution in [0.25, 0.3) is 72.8 Å². The Morgan fingerprint density at radius 3 is 1.57 bits per heavy atom. The molecule has 7 aromatic heterocycles. The average molecular weight is 1190 g/mol. The number of aromatic amines is 2. The number of ether oxygens (including phenoxy) is 2. The van der Waals surface area contributed by atoms with Gasteiger partial charge < -0.3 is 29.3 Å². The molecule has 9 aromatic rings. The summed E-state index contributed by atoms with van der Waals surface area (Å²) in [5, 5.41) is 5.17. The first-order valence-electron chi connectivity index (χ1n) is 31.7. The van der Waals surface area contributed by atoms with Crippen LogP contribution < -0.4 is 16.4 Å². The molecule has 0 amide bonds. The second-order valence-electron chi connectivity index (χ2n) is 24.5. The number of hydrogen-bond acceptors (Lipinski definition) is 10. The van der Waals surface area contributed by atoms with Crippen LogP contribution in [0.4, 0.5) is 13.2 Å². The van der Waals surface area contributed by atoms with Gasteiger partial charge in [0.25, 0.3) is 11.1 Å². The summed E-state index contributed by atoms with van der Waals surface area (Å²) < 4.78 is 60.4. The lowest BCUT2D eigenvalue weighted by atomic mass is 9.95. The van der Waals surface area contributed by atoms with Crippen molar-refractivity contribution in [3.63, 3.8) is 0 Å².